The van der Waals surface area contributed by atoms with Crippen LogP contribution in [0.3, 0.4) is 0 Å². The molecule has 23 heavy (non-hydrogen) atoms. The highest BCUT2D eigenvalue weighted by atomic mass is 32.1. The molecule has 1 atom stereocenters. The predicted molar refractivity (Wildman–Crippen MR) is 93.5 cm³/mol. The summed E-state index contributed by atoms with van der Waals surface area (Å²) < 4.78 is 13.4. The zero-order valence-corrected chi connectivity index (χ0v) is 14.6. The zero-order chi connectivity index (χ0) is 16.8. The average Bonchev–Trinajstić information content (AvgIpc) is 2.80. The summed E-state index contributed by atoms with van der Waals surface area (Å²) in [5.41, 5.74) is 8.46. The van der Waals surface area contributed by atoms with Crippen LogP contribution in [0.15, 0.2) is 24.3 Å². The predicted octanol–water partition coefficient (Wildman–Crippen LogP) is 4.85. The number of halogens is 1. The number of carbonyl (C=O) groups excluding carboxylic acids is 1. The van der Waals surface area contributed by atoms with Gasteiger partial charge in [-0.3, -0.25) is 4.79 Å². The summed E-state index contributed by atoms with van der Waals surface area (Å²) in [5.74, 6) is 0.0465. The van der Waals surface area contributed by atoms with E-state index in [0.717, 1.165) is 24.8 Å². The van der Waals surface area contributed by atoms with Gasteiger partial charge in [0.2, 0.25) is 0 Å². The summed E-state index contributed by atoms with van der Waals surface area (Å²) in [6.07, 6.45) is 2.92. The van der Waals surface area contributed by atoms with E-state index in [-0.39, 0.29) is 11.2 Å². The van der Waals surface area contributed by atoms with Crippen molar-refractivity contribution in [3.8, 4) is 0 Å². The van der Waals surface area contributed by atoms with Crippen LogP contribution in [0.25, 0.3) is 0 Å². The van der Waals surface area contributed by atoms with Gasteiger partial charge in [-0.05, 0) is 48.3 Å². The summed E-state index contributed by atoms with van der Waals surface area (Å²) >= 11 is 1.53. The Bertz CT molecular complexity index is 757. The first-order valence-electron chi connectivity index (χ1n) is 7.97. The molecular weight excluding hydrogens is 309 g/mol. The molecule has 2 nitrogen and oxygen atoms in total. The van der Waals surface area contributed by atoms with Crippen LogP contribution in [0, 0.1) is 17.2 Å². The second-order valence-corrected chi connectivity index (χ2v) is 8.53. The van der Waals surface area contributed by atoms with Crippen LogP contribution >= 0.6 is 11.3 Å². The van der Waals surface area contributed by atoms with Crippen LogP contribution in [0.1, 0.15) is 53.6 Å². The van der Waals surface area contributed by atoms with Gasteiger partial charge in [-0.2, -0.15) is 0 Å². The van der Waals surface area contributed by atoms with Gasteiger partial charge < -0.3 is 5.73 Å². The quantitative estimate of drug-likeness (QED) is 0.799. The molecule has 0 unspecified atom stereocenters. The maximum Gasteiger partial charge on any atom is 0.196 e. The van der Waals surface area contributed by atoms with Crippen LogP contribution in [0.2, 0.25) is 0 Å². The molecule has 0 aliphatic heterocycles. The van der Waals surface area contributed by atoms with Gasteiger partial charge in [-0.25, -0.2) is 4.39 Å². The lowest BCUT2D eigenvalue weighted by molar-refractivity contribution is 0.103. The third-order valence-electron chi connectivity index (χ3n) is 4.83. The zero-order valence-electron chi connectivity index (χ0n) is 13.8. The van der Waals surface area contributed by atoms with Gasteiger partial charge in [0.25, 0.3) is 0 Å². The molecule has 2 aromatic rings. The molecule has 0 saturated heterocycles. The van der Waals surface area contributed by atoms with E-state index in [1.165, 1.54) is 28.3 Å². The number of fused-ring (bicyclic) bond motifs is 1. The maximum absolute atomic E-state index is 13.4. The number of nitrogens with two attached hydrogens (primary N) is 1. The fourth-order valence-electron chi connectivity index (χ4n) is 3.37. The monoisotopic (exact) mass is 331 g/mol. The Kier molecular flexibility index (Phi) is 4.05. The number of benzene rings is 1. The first kappa shape index (κ1) is 16.2. The molecule has 3 rings (SSSR count). The maximum atomic E-state index is 13.4. The molecule has 1 aromatic heterocycles. The Morgan fingerprint density at radius 1 is 1.35 bits per heavy atom. The van der Waals surface area contributed by atoms with E-state index in [4.69, 9.17) is 5.73 Å². The minimum atomic E-state index is -0.397. The van der Waals surface area contributed by atoms with Gasteiger partial charge in [-0.15, -0.1) is 11.3 Å². The summed E-state index contributed by atoms with van der Waals surface area (Å²) in [6.45, 7) is 6.79. The van der Waals surface area contributed by atoms with Crippen molar-refractivity contribution in [1.29, 1.82) is 0 Å². The van der Waals surface area contributed by atoms with Crippen molar-refractivity contribution in [2.24, 2.45) is 11.3 Å². The number of hydrogen-bond acceptors (Lipinski definition) is 3. The van der Waals surface area contributed by atoms with Crippen molar-refractivity contribution in [2.45, 2.75) is 40.0 Å². The lowest BCUT2D eigenvalue weighted by Gasteiger charge is -2.33. The normalized spacial score (nSPS) is 17.8. The minimum absolute atomic E-state index is 0.159. The molecule has 4 heteroatoms. The summed E-state index contributed by atoms with van der Waals surface area (Å²) in [4.78, 5) is 14.0. The Hall–Kier alpha value is -1.68. The largest absolute Gasteiger partial charge is 0.390 e. The molecule has 2 N–H and O–H groups in total. The lowest BCUT2D eigenvalue weighted by Crippen LogP contribution is -2.26. The second-order valence-electron chi connectivity index (χ2n) is 7.39. The van der Waals surface area contributed by atoms with Crippen molar-refractivity contribution in [2.75, 3.05) is 5.73 Å². The molecule has 0 bridgehead atoms. The Morgan fingerprint density at radius 3 is 2.74 bits per heavy atom. The summed E-state index contributed by atoms with van der Waals surface area (Å²) in [6, 6.07) is 5.84. The van der Waals surface area contributed by atoms with E-state index in [1.54, 1.807) is 12.1 Å². The van der Waals surface area contributed by atoms with Gasteiger partial charge in [0.05, 0.1) is 10.6 Å². The summed E-state index contributed by atoms with van der Waals surface area (Å²) in [7, 11) is 0. The first-order valence-corrected chi connectivity index (χ1v) is 8.79. The van der Waals surface area contributed by atoms with E-state index < -0.39 is 5.82 Å². The van der Waals surface area contributed by atoms with Crippen LogP contribution in [-0.2, 0) is 12.8 Å². The van der Waals surface area contributed by atoms with Gasteiger partial charge in [0, 0.05) is 10.4 Å². The van der Waals surface area contributed by atoms with Crippen molar-refractivity contribution in [1.82, 2.24) is 0 Å². The van der Waals surface area contributed by atoms with Gasteiger partial charge in [0.1, 0.15) is 5.82 Å². The standard InChI is InChI=1S/C19H22FNOS/c1-19(2,3)12-7-8-14-15(10-12)23-18(21)16(14)17(22)11-5-4-6-13(20)9-11/h4-6,9,12H,7-8,10,21H2,1-3H3/t12-/m1/s1. The Labute approximate surface area is 140 Å². The number of thiophene rings is 1. The fourth-order valence-corrected chi connectivity index (χ4v) is 4.56. The smallest absolute Gasteiger partial charge is 0.196 e. The van der Waals surface area contributed by atoms with Gasteiger partial charge >= 0.3 is 0 Å². The highest BCUT2D eigenvalue weighted by Crippen LogP contribution is 2.43. The third-order valence-corrected chi connectivity index (χ3v) is 5.91. The number of anilines is 1. The van der Waals surface area contributed by atoms with Crippen molar-refractivity contribution in [3.63, 3.8) is 0 Å². The van der Waals surface area contributed by atoms with E-state index in [2.05, 4.69) is 20.8 Å². The number of nitrogen functional groups attached to an aromatic ring is 1. The van der Waals surface area contributed by atoms with Gasteiger partial charge in [0.15, 0.2) is 5.78 Å². The highest BCUT2D eigenvalue weighted by Gasteiger charge is 2.33. The van der Waals surface area contributed by atoms with Crippen LogP contribution < -0.4 is 5.73 Å². The van der Waals surface area contributed by atoms with Gasteiger partial charge in [-0.1, -0.05) is 32.9 Å². The molecule has 1 aliphatic carbocycles. The third kappa shape index (κ3) is 3.05. The number of ketones is 1. The van der Waals surface area contributed by atoms with Crippen LogP contribution in [0.4, 0.5) is 9.39 Å². The minimum Gasteiger partial charge on any atom is -0.390 e. The fraction of sp³-hybridized carbons (Fsp3) is 0.421. The first-order chi connectivity index (χ1) is 10.8. The topological polar surface area (TPSA) is 43.1 Å². The van der Waals surface area contributed by atoms with Crippen molar-refractivity contribution in [3.05, 3.63) is 51.7 Å². The van der Waals surface area contributed by atoms with Crippen LogP contribution in [0.5, 0.6) is 0 Å². The SMILES string of the molecule is CC(C)(C)[C@@H]1CCc2c(sc(N)c2C(=O)c2cccc(F)c2)C1. The van der Waals surface area contributed by atoms with E-state index in [1.807, 2.05) is 0 Å². The van der Waals surface area contributed by atoms with E-state index >= 15 is 0 Å². The molecule has 0 radical (unpaired) electrons. The molecule has 0 spiro atoms. The van der Waals surface area contributed by atoms with E-state index in [9.17, 15) is 9.18 Å². The number of carbonyl (C=O) groups is 1. The molecule has 0 amide bonds. The van der Waals surface area contributed by atoms with E-state index in [0.29, 0.717) is 22.0 Å². The average molecular weight is 331 g/mol. The summed E-state index contributed by atoms with van der Waals surface area (Å²) in [5, 5.41) is 0.568. The second kappa shape index (κ2) is 5.75. The molecule has 1 aromatic carbocycles. The Balaban J connectivity index is 1.97. The lowest BCUT2D eigenvalue weighted by atomic mass is 9.72. The molecule has 122 valence electrons. The Morgan fingerprint density at radius 2 is 2.09 bits per heavy atom. The molecule has 0 fully saturated rings. The number of rotatable bonds is 2. The molecule has 1 heterocycles. The van der Waals surface area contributed by atoms with Crippen molar-refractivity contribution >= 4 is 22.1 Å². The molecular formula is C19H22FNOS. The van der Waals surface area contributed by atoms with Crippen LogP contribution in [-0.4, -0.2) is 5.78 Å². The number of hydrogen-bond donors (Lipinski definition) is 1. The van der Waals surface area contributed by atoms with Crippen molar-refractivity contribution < 1.29 is 9.18 Å². The highest BCUT2D eigenvalue weighted by molar-refractivity contribution is 7.16. The molecule has 1 aliphatic rings. The molecule has 0 saturated carbocycles.